The molecule has 0 spiro atoms. The molecule has 0 saturated carbocycles. The maximum Gasteiger partial charge on any atom is 0.243 e. The maximum absolute atomic E-state index is 12.8. The third kappa shape index (κ3) is 6.19. The van der Waals surface area contributed by atoms with E-state index in [9.17, 15) is 13.2 Å². The molecule has 34 heavy (non-hydrogen) atoms. The van der Waals surface area contributed by atoms with Gasteiger partial charge >= 0.3 is 0 Å². The molecule has 1 amide bonds. The van der Waals surface area contributed by atoms with Gasteiger partial charge < -0.3 is 24.4 Å². The number of morpholine rings is 1. The minimum Gasteiger partial charge on any atom is -0.492 e. The molecule has 2 aromatic rings. The van der Waals surface area contributed by atoms with E-state index < -0.39 is 15.9 Å². The number of carbonyl (C=O) groups excluding carboxylic acids is 1. The van der Waals surface area contributed by atoms with Crippen molar-refractivity contribution in [1.82, 2.24) is 4.31 Å². The third-order valence-corrected chi connectivity index (χ3v) is 7.20. The highest BCUT2D eigenvalue weighted by Gasteiger charge is 2.24. The summed E-state index contributed by atoms with van der Waals surface area (Å²) in [5, 5.41) is 2.79. The Morgan fingerprint density at radius 3 is 2.29 bits per heavy atom. The minimum atomic E-state index is -3.80. The zero-order valence-corrected chi connectivity index (χ0v) is 21.0. The van der Waals surface area contributed by atoms with Gasteiger partial charge in [0, 0.05) is 32.3 Å². The van der Waals surface area contributed by atoms with Crippen LogP contribution in [0.15, 0.2) is 41.3 Å². The van der Waals surface area contributed by atoms with E-state index in [0.717, 1.165) is 28.6 Å². The average Bonchev–Trinajstić information content (AvgIpc) is 2.81. The Bertz CT molecular complexity index is 1080. The van der Waals surface area contributed by atoms with Crippen LogP contribution in [0.4, 0.5) is 11.4 Å². The topological polar surface area (TPSA) is 97.4 Å². The normalized spacial score (nSPS) is 14.2. The van der Waals surface area contributed by atoms with Gasteiger partial charge in [-0.05, 0) is 32.9 Å². The molecule has 1 N–H and O–H groups in total. The molecule has 3 rings (SSSR count). The minimum absolute atomic E-state index is 0.136. The van der Waals surface area contributed by atoms with Crippen LogP contribution < -0.4 is 19.7 Å². The summed E-state index contributed by atoms with van der Waals surface area (Å²) in [6, 6.07) is 10.1. The lowest BCUT2D eigenvalue weighted by Crippen LogP contribution is -2.36. The van der Waals surface area contributed by atoms with Crippen molar-refractivity contribution in [3.8, 4) is 11.5 Å². The number of likely N-dealkylation sites (N-methyl/N-ethyl adjacent to an activating group) is 1. The molecular formula is C24H33N3O6S. The Labute approximate surface area is 201 Å². The van der Waals surface area contributed by atoms with Gasteiger partial charge in [0.2, 0.25) is 15.9 Å². The molecule has 1 aliphatic rings. The summed E-state index contributed by atoms with van der Waals surface area (Å²) in [6.07, 6.45) is 0. The van der Waals surface area contributed by atoms with Crippen LogP contribution in [0, 0.1) is 6.92 Å². The second kappa shape index (κ2) is 11.5. The molecule has 2 aromatic carbocycles. The molecule has 0 bridgehead atoms. The number of hydrogen-bond acceptors (Lipinski definition) is 7. The van der Waals surface area contributed by atoms with Crippen molar-refractivity contribution in [3.63, 3.8) is 0 Å². The van der Waals surface area contributed by atoms with E-state index in [-0.39, 0.29) is 11.4 Å². The van der Waals surface area contributed by atoms with Crippen molar-refractivity contribution < 1.29 is 27.4 Å². The average molecular weight is 492 g/mol. The van der Waals surface area contributed by atoms with Crippen molar-refractivity contribution in [2.24, 2.45) is 0 Å². The van der Waals surface area contributed by atoms with Gasteiger partial charge in [-0.25, -0.2) is 8.42 Å². The summed E-state index contributed by atoms with van der Waals surface area (Å²) in [4.78, 5) is 15.1. The number of sulfonamides is 1. The number of nitrogens with zero attached hydrogens (tertiary/aromatic N) is 2. The Hall–Kier alpha value is -2.82. The Kier molecular flexibility index (Phi) is 8.76. The van der Waals surface area contributed by atoms with E-state index in [1.54, 1.807) is 18.2 Å². The van der Waals surface area contributed by atoms with E-state index in [0.29, 0.717) is 43.6 Å². The van der Waals surface area contributed by atoms with Crippen LogP contribution in [0.25, 0.3) is 0 Å². The molecule has 1 fully saturated rings. The lowest BCUT2D eigenvalue weighted by molar-refractivity contribution is -0.116. The number of benzene rings is 2. The van der Waals surface area contributed by atoms with Crippen LogP contribution in [0.5, 0.6) is 11.5 Å². The monoisotopic (exact) mass is 491 g/mol. The van der Waals surface area contributed by atoms with E-state index in [2.05, 4.69) is 10.2 Å². The zero-order valence-electron chi connectivity index (χ0n) is 20.2. The molecule has 1 aliphatic heterocycles. The Morgan fingerprint density at radius 2 is 1.68 bits per heavy atom. The molecule has 10 heteroatoms. The summed E-state index contributed by atoms with van der Waals surface area (Å²) >= 11 is 0. The van der Waals surface area contributed by atoms with Crippen LogP contribution in [0.1, 0.15) is 19.4 Å². The van der Waals surface area contributed by atoms with Crippen LogP contribution in [-0.2, 0) is 19.6 Å². The van der Waals surface area contributed by atoms with Gasteiger partial charge in [0.25, 0.3) is 0 Å². The number of rotatable bonds is 10. The smallest absolute Gasteiger partial charge is 0.243 e. The zero-order chi connectivity index (χ0) is 24.7. The van der Waals surface area contributed by atoms with Gasteiger partial charge in [0.15, 0.2) is 0 Å². The van der Waals surface area contributed by atoms with Gasteiger partial charge in [0.05, 0.1) is 49.2 Å². The van der Waals surface area contributed by atoms with Gasteiger partial charge in [-0.2, -0.15) is 4.31 Å². The molecule has 0 atom stereocenters. The number of anilines is 2. The standard InChI is InChI=1S/C24H33N3O6S/c1-5-32-22-16-21(27-11-13-31-14-12-27)23(33-6-2)15-20(22)25-24(28)17-26(4)34(29,30)19-9-7-18(3)8-10-19/h7-10,15-16H,5-6,11-14,17H2,1-4H3,(H,25,28). The number of aryl methyl sites for hydroxylation is 1. The summed E-state index contributed by atoms with van der Waals surface area (Å²) < 4.78 is 43.8. The molecule has 0 unspecified atom stereocenters. The van der Waals surface area contributed by atoms with Crippen LogP contribution in [-0.4, -0.2) is 71.7 Å². The fourth-order valence-corrected chi connectivity index (χ4v) is 4.74. The predicted octanol–water partition coefficient (Wildman–Crippen LogP) is 2.89. The summed E-state index contributed by atoms with van der Waals surface area (Å²) in [5.41, 5.74) is 2.24. The van der Waals surface area contributed by atoms with Gasteiger partial charge in [0.1, 0.15) is 11.5 Å². The van der Waals surface area contributed by atoms with Crippen LogP contribution in [0.3, 0.4) is 0 Å². The largest absolute Gasteiger partial charge is 0.492 e. The third-order valence-electron chi connectivity index (χ3n) is 5.38. The molecule has 1 heterocycles. The SMILES string of the molecule is CCOc1cc(N2CCOCC2)c(OCC)cc1NC(=O)CN(C)S(=O)(=O)c1ccc(C)cc1. The fraction of sp³-hybridized carbons (Fsp3) is 0.458. The number of nitrogens with one attached hydrogen (secondary N) is 1. The number of ether oxygens (including phenoxy) is 3. The molecule has 0 aliphatic carbocycles. The summed E-state index contributed by atoms with van der Waals surface area (Å²) in [6.45, 7) is 8.82. The highest BCUT2D eigenvalue weighted by molar-refractivity contribution is 7.89. The summed E-state index contributed by atoms with van der Waals surface area (Å²) in [5.74, 6) is 0.620. The Morgan fingerprint density at radius 1 is 1.06 bits per heavy atom. The highest BCUT2D eigenvalue weighted by atomic mass is 32.2. The first-order valence-corrected chi connectivity index (χ1v) is 12.8. The predicted molar refractivity (Wildman–Crippen MR) is 131 cm³/mol. The van der Waals surface area contributed by atoms with E-state index in [4.69, 9.17) is 14.2 Å². The molecule has 1 saturated heterocycles. The second-order valence-corrected chi connectivity index (χ2v) is 9.95. The fourth-order valence-electron chi connectivity index (χ4n) is 3.61. The lowest BCUT2D eigenvalue weighted by atomic mass is 10.2. The lowest BCUT2D eigenvalue weighted by Gasteiger charge is -2.31. The van der Waals surface area contributed by atoms with E-state index in [1.807, 2.05) is 26.8 Å². The first-order valence-electron chi connectivity index (χ1n) is 11.4. The number of hydrogen-bond donors (Lipinski definition) is 1. The van der Waals surface area contributed by atoms with Crippen molar-refractivity contribution in [3.05, 3.63) is 42.0 Å². The van der Waals surface area contributed by atoms with Crippen LogP contribution >= 0.6 is 0 Å². The van der Waals surface area contributed by atoms with Crippen molar-refractivity contribution in [2.45, 2.75) is 25.7 Å². The number of amides is 1. The Balaban J connectivity index is 1.81. The van der Waals surface area contributed by atoms with Crippen molar-refractivity contribution in [2.75, 3.05) is 63.3 Å². The molecule has 0 radical (unpaired) electrons. The van der Waals surface area contributed by atoms with Gasteiger partial charge in [-0.3, -0.25) is 4.79 Å². The first-order chi connectivity index (χ1) is 16.3. The number of carbonyl (C=O) groups is 1. The summed E-state index contributed by atoms with van der Waals surface area (Å²) in [7, 11) is -2.42. The van der Waals surface area contributed by atoms with Crippen molar-refractivity contribution in [1.29, 1.82) is 0 Å². The molecular weight excluding hydrogens is 458 g/mol. The first kappa shape index (κ1) is 25.8. The van der Waals surface area contributed by atoms with Gasteiger partial charge in [-0.15, -0.1) is 0 Å². The second-order valence-electron chi connectivity index (χ2n) is 7.90. The maximum atomic E-state index is 12.8. The molecule has 0 aromatic heterocycles. The van der Waals surface area contributed by atoms with E-state index >= 15 is 0 Å². The molecule has 186 valence electrons. The quantitative estimate of drug-likeness (QED) is 0.546. The highest BCUT2D eigenvalue weighted by Crippen LogP contribution is 2.39. The molecule has 9 nitrogen and oxygen atoms in total. The van der Waals surface area contributed by atoms with E-state index in [1.165, 1.54) is 19.2 Å². The van der Waals surface area contributed by atoms with Gasteiger partial charge in [-0.1, -0.05) is 17.7 Å². The van der Waals surface area contributed by atoms with Crippen LogP contribution in [0.2, 0.25) is 0 Å². The van der Waals surface area contributed by atoms with Crippen molar-refractivity contribution >= 4 is 27.3 Å².